The summed E-state index contributed by atoms with van der Waals surface area (Å²) in [5, 5.41) is 4.75. The van der Waals surface area contributed by atoms with Gasteiger partial charge in [0.1, 0.15) is 12.6 Å². The SMILES string of the molecule is CCC1CCC(CNC(=O)N2CCCC2C(=O)NCC(F)(F)F)CC1. The summed E-state index contributed by atoms with van der Waals surface area (Å²) in [7, 11) is 0. The molecule has 144 valence electrons. The maximum atomic E-state index is 12.3. The molecule has 25 heavy (non-hydrogen) atoms. The summed E-state index contributed by atoms with van der Waals surface area (Å²) in [6, 6.07) is -1.15. The smallest absolute Gasteiger partial charge is 0.345 e. The summed E-state index contributed by atoms with van der Waals surface area (Å²) in [5.41, 5.74) is 0. The largest absolute Gasteiger partial charge is 0.405 e. The third-order valence-electron chi connectivity index (χ3n) is 5.37. The molecule has 1 aliphatic heterocycles. The van der Waals surface area contributed by atoms with Crippen LogP contribution < -0.4 is 10.6 Å². The van der Waals surface area contributed by atoms with E-state index in [0.717, 1.165) is 18.8 Å². The first-order valence-electron chi connectivity index (χ1n) is 9.19. The van der Waals surface area contributed by atoms with Crippen LogP contribution in [0.25, 0.3) is 0 Å². The highest BCUT2D eigenvalue weighted by molar-refractivity contribution is 5.87. The number of halogens is 3. The van der Waals surface area contributed by atoms with Gasteiger partial charge in [0, 0.05) is 13.1 Å². The Morgan fingerprint density at radius 3 is 2.28 bits per heavy atom. The van der Waals surface area contributed by atoms with Gasteiger partial charge in [-0.05, 0) is 37.5 Å². The second kappa shape index (κ2) is 8.76. The van der Waals surface area contributed by atoms with Gasteiger partial charge in [-0.25, -0.2) is 4.79 Å². The Morgan fingerprint density at radius 1 is 1.04 bits per heavy atom. The van der Waals surface area contributed by atoms with Gasteiger partial charge in [-0.1, -0.05) is 26.2 Å². The van der Waals surface area contributed by atoms with Crippen LogP contribution in [0, 0.1) is 11.8 Å². The summed E-state index contributed by atoms with van der Waals surface area (Å²) in [6.45, 7) is 1.81. The van der Waals surface area contributed by atoms with E-state index < -0.39 is 24.7 Å². The lowest BCUT2D eigenvalue weighted by Gasteiger charge is -2.29. The standard InChI is InChI=1S/C17H28F3N3O2/c1-2-12-5-7-13(8-6-12)10-21-16(25)23-9-3-4-14(23)15(24)22-11-17(18,19)20/h12-14H,2-11H2,1H3,(H,21,25)(H,22,24). The molecule has 3 amide bonds. The Kier molecular flexibility index (Phi) is 6.95. The zero-order valence-electron chi connectivity index (χ0n) is 14.7. The molecule has 2 aliphatic rings. The number of amides is 3. The van der Waals surface area contributed by atoms with Crippen molar-refractivity contribution in [3.63, 3.8) is 0 Å². The lowest BCUT2D eigenvalue weighted by molar-refractivity contribution is -0.140. The number of likely N-dealkylation sites (tertiary alicyclic amines) is 1. The number of nitrogens with one attached hydrogen (secondary N) is 2. The van der Waals surface area contributed by atoms with Gasteiger partial charge >= 0.3 is 12.2 Å². The van der Waals surface area contributed by atoms with Crippen molar-refractivity contribution >= 4 is 11.9 Å². The van der Waals surface area contributed by atoms with Crippen LogP contribution in [-0.2, 0) is 4.79 Å². The van der Waals surface area contributed by atoms with Crippen molar-refractivity contribution in [3.05, 3.63) is 0 Å². The summed E-state index contributed by atoms with van der Waals surface area (Å²) >= 11 is 0. The second-order valence-corrected chi connectivity index (χ2v) is 7.17. The number of rotatable bonds is 5. The zero-order valence-corrected chi connectivity index (χ0v) is 14.7. The molecule has 0 radical (unpaired) electrons. The summed E-state index contributed by atoms with van der Waals surface area (Å²) < 4.78 is 36.7. The quantitative estimate of drug-likeness (QED) is 0.789. The van der Waals surface area contributed by atoms with E-state index in [-0.39, 0.29) is 6.03 Å². The second-order valence-electron chi connectivity index (χ2n) is 7.17. The fraction of sp³-hybridized carbons (Fsp3) is 0.882. The van der Waals surface area contributed by atoms with Crippen LogP contribution in [0.5, 0.6) is 0 Å². The first kappa shape index (κ1) is 19.8. The molecule has 1 atom stereocenters. The molecule has 2 N–H and O–H groups in total. The van der Waals surface area contributed by atoms with Gasteiger partial charge in [0.15, 0.2) is 0 Å². The number of alkyl halides is 3. The molecular weight excluding hydrogens is 335 g/mol. The first-order chi connectivity index (χ1) is 11.8. The summed E-state index contributed by atoms with van der Waals surface area (Å²) in [5.74, 6) is 0.507. The third-order valence-corrected chi connectivity index (χ3v) is 5.37. The molecule has 0 aromatic rings. The normalized spacial score (nSPS) is 27.2. The van der Waals surface area contributed by atoms with Gasteiger partial charge in [-0.15, -0.1) is 0 Å². The number of carbonyl (C=O) groups is 2. The van der Waals surface area contributed by atoms with Crippen LogP contribution >= 0.6 is 0 Å². The molecule has 1 aliphatic carbocycles. The molecule has 1 saturated carbocycles. The van der Waals surface area contributed by atoms with E-state index in [1.807, 2.05) is 5.32 Å². The van der Waals surface area contributed by atoms with Crippen molar-refractivity contribution in [3.8, 4) is 0 Å². The van der Waals surface area contributed by atoms with E-state index in [9.17, 15) is 22.8 Å². The highest BCUT2D eigenvalue weighted by atomic mass is 19.4. The van der Waals surface area contributed by atoms with E-state index in [4.69, 9.17) is 0 Å². The van der Waals surface area contributed by atoms with Gasteiger partial charge in [-0.3, -0.25) is 4.79 Å². The van der Waals surface area contributed by atoms with Gasteiger partial charge < -0.3 is 15.5 Å². The maximum Gasteiger partial charge on any atom is 0.405 e. The minimum Gasteiger partial charge on any atom is -0.345 e. The molecule has 1 heterocycles. The Balaban J connectivity index is 1.77. The number of carbonyl (C=O) groups excluding carboxylic acids is 2. The van der Waals surface area contributed by atoms with Crippen LogP contribution in [0.15, 0.2) is 0 Å². The molecule has 8 heteroatoms. The summed E-state index contributed by atoms with van der Waals surface area (Å²) in [4.78, 5) is 25.7. The van der Waals surface area contributed by atoms with E-state index in [0.29, 0.717) is 31.8 Å². The number of urea groups is 1. The highest BCUT2D eigenvalue weighted by Crippen LogP contribution is 2.30. The molecule has 0 bridgehead atoms. The van der Waals surface area contributed by atoms with Crippen LogP contribution in [0.3, 0.4) is 0 Å². The monoisotopic (exact) mass is 363 g/mol. The molecule has 1 unspecified atom stereocenters. The molecule has 2 fully saturated rings. The Labute approximate surface area is 146 Å². The molecule has 5 nitrogen and oxygen atoms in total. The fourth-order valence-electron chi connectivity index (χ4n) is 3.76. The highest BCUT2D eigenvalue weighted by Gasteiger charge is 2.36. The molecule has 1 saturated heterocycles. The zero-order chi connectivity index (χ0) is 18.4. The average molecular weight is 363 g/mol. The first-order valence-corrected chi connectivity index (χ1v) is 9.19. The van der Waals surface area contributed by atoms with Crippen molar-refractivity contribution in [2.45, 2.75) is 64.1 Å². The van der Waals surface area contributed by atoms with Crippen LogP contribution in [0.2, 0.25) is 0 Å². The predicted octanol–water partition coefficient (Wildman–Crippen LogP) is 3.06. The molecular formula is C17H28F3N3O2. The van der Waals surface area contributed by atoms with Crippen LogP contribution in [0.1, 0.15) is 51.9 Å². The Morgan fingerprint density at radius 2 is 1.68 bits per heavy atom. The van der Waals surface area contributed by atoms with Crippen molar-refractivity contribution in [2.24, 2.45) is 11.8 Å². The van der Waals surface area contributed by atoms with E-state index in [1.165, 1.54) is 24.2 Å². The number of hydrogen-bond donors (Lipinski definition) is 2. The van der Waals surface area contributed by atoms with Gasteiger partial charge in [0.05, 0.1) is 0 Å². The van der Waals surface area contributed by atoms with E-state index >= 15 is 0 Å². The lowest BCUT2D eigenvalue weighted by Crippen LogP contribution is -2.51. The van der Waals surface area contributed by atoms with Crippen molar-refractivity contribution in [1.29, 1.82) is 0 Å². The average Bonchev–Trinajstić information content (AvgIpc) is 3.07. The maximum absolute atomic E-state index is 12.3. The minimum absolute atomic E-state index is 0.345. The summed E-state index contributed by atoms with van der Waals surface area (Å²) in [6.07, 6.45) is 2.33. The molecule has 0 spiro atoms. The van der Waals surface area contributed by atoms with Crippen LogP contribution in [0.4, 0.5) is 18.0 Å². The molecule has 0 aromatic heterocycles. The van der Waals surface area contributed by atoms with Crippen molar-refractivity contribution in [2.75, 3.05) is 19.6 Å². The van der Waals surface area contributed by atoms with Crippen molar-refractivity contribution in [1.82, 2.24) is 15.5 Å². The Bertz CT molecular complexity index is 463. The lowest BCUT2D eigenvalue weighted by atomic mass is 9.81. The fourth-order valence-corrected chi connectivity index (χ4v) is 3.76. The Hall–Kier alpha value is -1.47. The molecule has 0 aromatic carbocycles. The van der Waals surface area contributed by atoms with E-state index in [2.05, 4.69) is 12.2 Å². The topological polar surface area (TPSA) is 61.4 Å². The molecule has 2 rings (SSSR count). The number of nitrogens with zero attached hydrogens (tertiary/aromatic N) is 1. The van der Waals surface area contributed by atoms with Gasteiger partial charge in [0.25, 0.3) is 0 Å². The third kappa shape index (κ3) is 6.08. The van der Waals surface area contributed by atoms with Gasteiger partial charge in [0.2, 0.25) is 5.91 Å². The predicted molar refractivity (Wildman–Crippen MR) is 87.9 cm³/mol. The van der Waals surface area contributed by atoms with E-state index in [1.54, 1.807) is 0 Å². The van der Waals surface area contributed by atoms with Crippen molar-refractivity contribution < 1.29 is 22.8 Å². The van der Waals surface area contributed by atoms with Crippen LogP contribution in [-0.4, -0.2) is 48.7 Å². The minimum atomic E-state index is -4.45. The number of hydrogen-bond acceptors (Lipinski definition) is 2. The van der Waals surface area contributed by atoms with Gasteiger partial charge in [-0.2, -0.15) is 13.2 Å².